The number of halogens is 2. The number of hydrogen-bond donors (Lipinski definition) is 2. The summed E-state index contributed by atoms with van der Waals surface area (Å²) >= 11 is 12.0. The van der Waals surface area contributed by atoms with E-state index < -0.39 is 6.10 Å². The van der Waals surface area contributed by atoms with Crippen molar-refractivity contribution in [3.05, 3.63) is 52.5 Å². The van der Waals surface area contributed by atoms with Crippen LogP contribution in [0.25, 0.3) is 11.0 Å². The van der Waals surface area contributed by atoms with Crippen LogP contribution in [0.1, 0.15) is 19.8 Å². The number of rotatable bonds is 8. The summed E-state index contributed by atoms with van der Waals surface area (Å²) in [5.74, 6) is 1.12. The predicted molar refractivity (Wildman–Crippen MR) is 109 cm³/mol. The summed E-state index contributed by atoms with van der Waals surface area (Å²) in [5, 5.41) is 11.5. The summed E-state index contributed by atoms with van der Waals surface area (Å²) in [5.41, 5.74) is 8.45. The van der Waals surface area contributed by atoms with Gasteiger partial charge < -0.3 is 9.84 Å². The monoisotopic (exact) mass is 408 g/mol. The Bertz CT molecular complexity index is 927. The lowest BCUT2D eigenvalue weighted by atomic mass is 10.3. The van der Waals surface area contributed by atoms with E-state index in [1.54, 1.807) is 18.2 Å². The van der Waals surface area contributed by atoms with E-state index in [4.69, 9.17) is 33.7 Å². The van der Waals surface area contributed by atoms with Crippen molar-refractivity contribution in [3.8, 4) is 5.75 Å². The summed E-state index contributed by atoms with van der Waals surface area (Å²) < 4.78 is 9.68. The molecule has 7 heteroatoms. The number of anilines is 1. The van der Waals surface area contributed by atoms with E-state index in [2.05, 4.69) is 11.5 Å². The highest BCUT2D eigenvalue weighted by Crippen LogP contribution is 2.27. The SMILES string of the molecule is CCCCn1c(N)[n+](CC(O)COc2ccc(Cl)cc2Cl)c2ccccc21. The lowest BCUT2D eigenvalue weighted by molar-refractivity contribution is -0.665. The zero-order valence-electron chi connectivity index (χ0n) is 15.2. The second-order valence-electron chi connectivity index (χ2n) is 6.50. The molecule has 3 rings (SSSR count). The number of aliphatic hydroxyl groups excluding tert-OH is 1. The third-order valence-electron chi connectivity index (χ3n) is 4.47. The lowest BCUT2D eigenvalue weighted by Crippen LogP contribution is -2.43. The molecule has 0 amide bonds. The fourth-order valence-corrected chi connectivity index (χ4v) is 3.56. The zero-order chi connectivity index (χ0) is 19.4. The van der Waals surface area contributed by atoms with E-state index in [1.165, 1.54) is 0 Å². The molecule has 0 radical (unpaired) electrons. The van der Waals surface area contributed by atoms with Crippen molar-refractivity contribution in [2.24, 2.45) is 0 Å². The van der Waals surface area contributed by atoms with Crippen molar-refractivity contribution in [1.29, 1.82) is 0 Å². The minimum Gasteiger partial charge on any atom is -0.489 e. The van der Waals surface area contributed by atoms with Crippen LogP contribution in [-0.4, -0.2) is 22.4 Å². The van der Waals surface area contributed by atoms with Crippen molar-refractivity contribution < 1.29 is 14.4 Å². The van der Waals surface area contributed by atoms with Gasteiger partial charge in [0, 0.05) is 5.02 Å². The van der Waals surface area contributed by atoms with Gasteiger partial charge in [-0.05, 0) is 36.8 Å². The minimum absolute atomic E-state index is 0.0995. The number of aromatic nitrogens is 2. The number of nitrogens with two attached hydrogens (primary N) is 1. The van der Waals surface area contributed by atoms with Crippen molar-refractivity contribution in [2.45, 2.75) is 39.0 Å². The molecule has 2 aromatic carbocycles. The molecular formula is C20H24Cl2N3O2+. The molecule has 144 valence electrons. The Morgan fingerprint density at radius 3 is 2.74 bits per heavy atom. The molecule has 27 heavy (non-hydrogen) atoms. The number of ether oxygens (including phenoxy) is 1. The second kappa shape index (κ2) is 8.83. The molecular weight excluding hydrogens is 385 g/mol. The Morgan fingerprint density at radius 1 is 1.22 bits per heavy atom. The van der Waals surface area contributed by atoms with Gasteiger partial charge in [0.15, 0.2) is 0 Å². The normalized spacial score (nSPS) is 12.4. The molecule has 0 aliphatic carbocycles. The molecule has 3 N–H and O–H groups in total. The maximum absolute atomic E-state index is 10.5. The van der Waals surface area contributed by atoms with Crippen LogP contribution in [0.4, 0.5) is 5.95 Å². The maximum atomic E-state index is 10.5. The van der Waals surface area contributed by atoms with Crippen LogP contribution in [0.5, 0.6) is 5.75 Å². The van der Waals surface area contributed by atoms with Crippen molar-refractivity contribution in [1.82, 2.24) is 4.57 Å². The van der Waals surface area contributed by atoms with Gasteiger partial charge in [-0.25, -0.2) is 9.13 Å². The van der Waals surface area contributed by atoms with Crippen LogP contribution < -0.4 is 15.0 Å². The van der Waals surface area contributed by atoms with Gasteiger partial charge in [-0.1, -0.05) is 48.7 Å². The third kappa shape index (κ3) is 4.49. The topological polar surface area (TPSA) is 64.3 Å². The molecule has 5 nitrogen and oxygen atoms in total. The summed E-state index contributed by atoms with van der Waals surface area (Å²) in [4.78, 5) is 0. The number of nitrogens with zero attached hydrogens (tertiary/aromatic N) is 2. The van der Waals surface area contributed by atoms with E-state index in [-0.39, 0.29) is 6.61 Å². The van der Waals surface area contributed by atoms with Crippen LogP contribution in [0.2, 0.25) is 10.0 Å². The summed E-state index contributed by atoms with van der Waals surface area (Å²) in [6.07, 6.45) is 1.39. The largest absolute Gasteiger partial charge is 0.489 e. The van der Waals surface area contributed by atoms with Gasteiger partial charge in [-0.3, -0.25) is 5.73 Å². The molecule has 1 atom stereocenters. The zero-order valence-corrected chi connectivity index (χ0v) is 16.7. The summed E-state index contributed by atoms with van der Waals surface area (Å²) in [7, 11) is 0. The summed E-state index contributed by atoms with van der Waals surface area (Å²) in [6, 6.07) is 13.0. The maximum Gasteiger partial charge on any atom is 0.356 e. The molecule has 0 saturated heterocycles. The van der Waals surface area contributed by atoms with E-state index >= 15 is 0 Å². The molecule has 0 fully saturated rings. The Morgan fingerprint density at radius 2 is 2.00 bits per heavy atom. The van der Waals surface area contributed by atoms with Gasteiger partial charge in [0.2, 0.25) is 0 Å². The quantitative estimate of drug-likeness (QED) is 0.552. The van der Waals surface area contributed by atoms with Gasteiger partial charge in [-0.15, -0.1) is 0 Å². The van der Waals surface area contributed by atoms with Gasteiger partial charge in [0.05, 0.1) is 11.6 Å². The van der Waals surface area contributed by atoms with Gasteiger partial charge >= 0.3 is 5.95 Å². The van der Waals surface area contributed by atoms with Crippen LogP contribution in [0.3, 0.4) is 0 Å². The number of imidazole rings is 1. The number of hydrogen-bond acceptors (Lipinski definition) is 3. The lowest BCUT2D eigenvalue weighted by Gasteiger charge is -2.13. The van der Waals surface area contributed by atoms with E-state index in [9.17, 15) is 5.11 Å². The highest BCUT2D eigenvalue weighted by molar-refractivity contribution is 6.35. The first-order valence-electron chi connectivity index (χ1n) is 9.03. The number of fused-ring (bicyclic) bond motifs is 1. The van der Waals surface area contributed by atoms with Gasteiger partial charge in [0.25, 0.3) is 0 Å². The van der Waals surface area contributed by atoms with E-state index in [0.717, 1.165) is 30.4 Å². The predicted octanol–water partition coefficient (Wildman–Crippen LogP) is 4.06. The molecule has 3 aromatic rings. The summed E-state index contributed by atoms with van der Waals surface area (Å²) in [6.45, 7) is 3.43. The van der Waals surface area contributed by atoms with Gasteiger partial charge in [0.1, 0.15) is 36.0 Å². The minimum atomic E-state index is -0.741. The molecule has 0 spiro atoms. The van der Waals surface area contributed by atoms with E-state index in [1.807, 2.05) is 28.8 Å². The molecule has 0 bridgehead atoms. The highest BCUT2D eigenvalue weighted by atomic mass is 35.5. The van der Waals surface area contributed by atoms with Crippen LogP contribution in [0, 0.1) is 0 Å². The molecule has 1 unspecified atom stereocenters. The molecule has 0 aliphatic heterocycles. The number of unbranched alkanes of at least 4 members (excludes halogenated alkanes) is 1. The first-order valence-corrected chi connectivity index (χ1v) is 9.79. The molecule has 1 aromatic heterocycles. The number of para-hydroxylation sites is 2. The average Bonchev–Trinajstić information content (AvgIpc) is 2.91. The molecule has 0 saturated carbocycles. The molecule has 1 heterocycles. The fraction of sp³-hybridized carbons (Fsp3) is 0.350. The Kier molecular flexibility index (Phi) is 6.47. The number of benzene rings is 2. The first-order chi connectivity index (χ1) is 13.0. The number of aryl methyl sites for hydroxylation is 1. The third-order valence-corrected chi connectivity index (χ3v) is 5.00. The molecule has 0 aliphatic rings. The smallest absolute Gasteiger partial charge is 0.356 e. The van der Waals surface area contributed by atoms with Crippen molar-refractivity contribution in [3.63, 3.8) is 0 Å². The second-order valence-corrected chi connectivity index (χ2v) is 7.35. The van der Waals surface area contributed by atoms with Crippen molar-refractivity contribution >= 4 is 40.2 Å². The Balaban J connectivity index is 1.76. The van der Waals surface area contributed by atoms with Crippen molar-refractivity contribution in [2.75, 3.05) is 12.3 Å². The highest BCUT2D eigenvalue weighted by Gasteiger charge is 2.22. The number of aliphatic hydroxyl groups is 1. The Hall–Kier alpha value is -1.95. The number of nitrogen functional groups attached to an aromatic ring is 1. The van der Waals surface area contributed by atoms with Crippen LogP contribution >= 0.6 is 23.2 Å². The first kappa shape index (κ1) is 19.8. The van der Waals surface area contributed by atoms with Gasteiger partial charge in [-0.2, -0.15) is 0 Å². The fourth-order valence-electron chi connectivity index (χ4n) is 3.10. The Labute approximate surface area is 168 Å². The standard InChI is InChI=1S/C20H23Cl2N3O2/c1-2-3-10-24-17-6-4-5-7-18(17)25(20(24)23)12-15(26)13-27-19-9-8-14(21)11-16(19)22/h4-9,11,15,23,26H,2-3,10,12-13H2,1H3/p+1. The van der Waals surface area contributed by atoms with Crippen LogP contribution in [-0.2, 0) is 13.1 Å². The van der Waals surface area contributed by atoms with Crippen LogP contribution in [0.15, 0.2) is 42.5 Å². The van der Waals surface area contributed by atoms with E-state index in [0.29, 0.717) is 28.3 Å². The average molecular weight is 409 g/mol.